The molecule has 1 atom stereocenters. The van der Waals surface area contributed by atoms with Crippen molar-refractivity contribution in [3.63, 3.8) is 0 Å². The molecular formula is C23H37N3O. The first-order valence-corrected chi connectivity index (χ1v) is 10.8. The summed E-state index contributed by atoms with van der Waals surface area (Å²) in [6.45, 7) is 2.99. The number of aromatic nitrogens is 1. The van der Waals surface area contributed by atoms with Gasteiger partial charge >= 0.3 is 0 Å². The highest BCUT2D eigenvalue weighted by Gasteiger charge is 2.15. The first kappa shape index (κ1) is 21.5. The van der Waals surface area contributed by atoms with Gasteiger partial charge in [-0.15, -0.1) is 0 Å². The van der Waals surface area contributed by atoms with Gasteiger partial charge in [-0.25, -0.2) is 0 Å². The van der Waals surface area contributed by atoms with Gasteiger partial charge < -0.3 is 16.0 Å². The molecule has 1 heterocycles. The molecule has 0 saturated heterocycles. The lowest BCUT2D eigenvalue weighted by molar-refractivity contribution is -0.122. The Kier molecular flexibility index (Phi) is 9.99. The molecule has 0 saturated carbocycles. The molecule has 1 aromatic carbocycles. The zero-order valence-corrected chi connectivity index (χ0v) is 16.9. The second-order valence-corrected chi connectivity index (χ2v) is 7.64. The molecule has 27 heavy (non-hydrogen) atoms. The monoisotopic (exact) mass is 371 g/mol. The van der Waals surface area contributed by atoms with Crippen molar-refractivity contribution in [1.82, 2.24) is 10.3 Å². The normalized spacial score (nSPS) is 12.4. The van der Waals surface area contributed by atoms with E-state index in [4.69, 9.17) is 5.73 Å². The third kappa shape index (κ3) is 7.76. The molecule has 0 aliphatic heterocycles. The number of aromatic amines is 1. The lowest BCUT2D eigenvalue weighted by Gasteiger charge is -2.12. The molecule has 0 radical (unpaired) electrons. The van der Waals surface area contributed by atoms with E-state index in [0.717, 1.165) is 29.4 Å². The van der Waals surface area contributed by atoms with Crippen LogP contribution in [0.5, 0.6) is 0 Å². The molecular weight excluding hydrogens is 334 g/mol. The van der Waals surface area contributed by atoms with Crippen molar-refractivity contribution in [3.8, 4) is 0 Å². The second kappa shape index (κ2) is 12.6. The number of nitrogens with one attached hydrogen (secondary N) is 2. The fourth-order valence-corrected chi connectivity index (χ4v) is 3.59. The van der Waals surface area contributed by atoms with Crippen LogP contribution < -0.4 is 11.1 Å². The van der Waals surface area contributed by atoms with E-state index >= 15 is 0 Å². The highest BCUT2D eigenvalue weighted by atomic mass is 16.2. The standard InChI is InChI=1S/C23H37N3O/c1-2-3-4-5-6-7-8-9-10-13-16-25-23(27)21(24)17-19-18-26-22-15-12-11-14-20(19)22/h11-12,14-15,18,21,26H,2-10,13,16-17,24H2,1H3,(H,25,27). The van der Waals surface area contributed by atoms with E-state index in [1.165, 1.54) is 57.8 Å². The SMILES string of the molecule is CCCCCCCCCCCCNC(=O)C(N)Cc1c[nH]c2ccccc12. The molecule has 1 amide bonds. The molecule has 0 bridgehead atoms. The van der Waals surface area contributed by atoms with Crippen LogP contribution in [0.15, 0.2) is 30.5 Å². The number of unbranched alkanes of at least 4 members (excludes halogenated alkanes) is 9. The number of rotatable bonds is 14. The number of nitrogens with two attached hydrogens (primary N) is 1. The summed E-state index contributed by atoms with van der Waals surface area (Å²) >= 11 is 0. The van der Waals surface area contributed by atoms with Crippen molar-refractivity contribution >= 4 is 16.8 Å². The first-order chi connectivity index (χ1) is 13.2. The fraction of sp³-hybridized carbons (Fsp3) is 0.609. The topological polar surface area (TPSA) is 70.9 Å². The van der Waals surface area contributed by atoms with Crippen LogP contribution in [0.25, 0.3) is 10.9 Å². The molecule has 1 aromatic heterocycles. The van der Waals surface area contributed by atoms with Crippen molar-refractivity contribution in [1.29, 1.82) is 0 Å². The van der Waals surface area contributed by atoms with Gasteiger partial charge in [0.05, 0.1) is 6.04 Å². The van der Waals surface area contributed by atoms with Crippen LogP contribution in [0.4, 0.5) is 0 Å². The largest absolute Gasteiger partial charge is 0.361 e. The van der Waals surface area contributed by atoms with E-state index in [1.54, 1.807) is 0 Å². The average molecular weight is 372 g/mol. The third-order valence-corrected chi connectivity index (χ3v) is 5.28. The number of para-hydroxylation sites is 1. The molecule has 2 rings (SSSR count). The summed E-state index contributed by atoms with van der Waals surface area (Å²) in [6.07, 6.45) is 15.5. The van der Waals surface area contributed by atoms with Crippen LogP contribution in [-0.2, 0) is 11.2 Å². The molecule has 1 unspecified atom stereocenters. The van der Waals surface area contributed by atoms with E-state index < -0.39 is 6.04 Å². The Bertz CT molecular complexity index is 664. The second-order valence-electron chi connectivity index (χ2n) is 7.64. The molecule has 0 aliphatic carbocycles. The summed E-state index contributed by atoms with van der Waals surface area (Å²) in [5, 5.41) is 4.14. The Balaban J connectivity index is 1.53. The van der Waals surface area contributed by atoms with Crippen molar-refractivity contribution in [2.45, 2.75) is 83.6 Å². The maximum Gasteiger partial charge on any atom is 0.237 e. The van der Waals surface area contributed by atoms with Crippen LogP contribution in [0.1, 0.15) is 76.7 Å². The number of amides is 1. The highest BCUT2D eigenvalue weighted by molar-refractivity contribution is 5.86. The summed E-state index contributed by atoms with van der Waals surface area (Å²) in [6, 6.07) is 7.62. The summed E-state index contributed by atoms with van der Waals surface area (Å²) in [7, 11) is 0. The number of benzene rings is 1. The van der Waals surface area contributed by atoms with Gasteiger partial charge in [0.15, 0.2) is 0 Å². The highest BCUT2D eigenvalue weighted by Crippen LogP contribution is 2.18. The number of hydrogen-bond donors (Lipinski definition) is 3. The van der Waals surface area contributed by atoms with Crippen LogP contribution in [-0.4, -0.2) is 23.5 Å². The summed E-state index contributed by atoms with van der Waals surface area (Å²) in [4.78, 5) is 15.5. The van der Waals surface area contributed by atoms with E-state index in [2.05, 4.69) is 23.3 Å². The average Bonchev–Trinajstić information content (AvgIpc) is 3.09. The van der Waals surface area contributed by atoms with Crippen molar-refractivity contribution in [3.05, 3.63) is 36.0 Å². The summed E-state index contributed by atoms with van der Waals surface area (Å²) in [5.74, 6) is -0.0452. The maximum atomic E-state index is 12.2. The number of fused-ring (bicyclic) bond motifs is 1. The van der Waals surface area contributed by atoms with Gasteiger partial charge in [0, 0.05) is 23.6 Å². The fourth-order valence-electron chi connectivity index (χ4n) is 3.59. The number of carbonyl (C=O) groups is 1. The van der Waals surface area contributed by atoms with Crippen LogP contribution in [0.2, 0.25) is 0 Å². The Morgan fingerprint density at radius 3 is 2.33 bits per heavy atom. The van der Waals surface area contributed by atoms with E-state index in [1.807, 2.05) is 24.4 Å². The van der Waals surface area contributed by atoms with E-state index in [-0.39, 0.29) is 5.91 Å². The van der Waals surface area contributed by atoms with Gasteiger partial charge in [0.1, 0.15) is 0 Å². The molecule has 4 heteroatoms. The third-order valence-electron chi connectivity index (χ3n) is 5.28. The Morgan fingerprint density at radius 2 is 1.63 bits per heavy atom. The first-order valence-electron chi connectivity index (χ1n) is 10.8. The minimum absolute atomic E-state index is 0.0452. The van der Waals surface area contributed by atoms with Crippen molar-refractivity contribution < 1.29 is 4.79 Å². The Hall–Kier alpha value is -1.81. The minimum atomic E-state index is -0.493. The molecule has 4 nitrogen and oxygen atoms in total. The predicted molar refractivity (Wildman–Crippen MR) is 115 cm³/mol. The number of hydrogen-bond acceptors (Lipinski definition) is 2. The smallest absolute Gasteiger partial charge is 0.237 e. The maximum absolute atomic E-state index is 12.2. The predicted octanol–water partition coefficient (Wildman–Crippen LogP) is 5.07. The van der Waals surface area contributed by atoms with Gasteiger partial charge in [-0.05, 0) is 24.5 Å². The molecule has 150 valence electrons. The minimum Gasteiger partial charge on any atom is -0.361 e. The quantitative estimate of drug-likeness (QED) is 0.405. The molecule has 0 spiro atoms. The van der Waals surface area contributed by atoms with Gasteiger partial charge in [0.25, 0.3) is 0 Å². The Morgan fingerprint density at radius 1 is 1.00 bits per heavy atom. The number of carbonyl (C=O) groups excluding carboxylic acids is 1. The van der Waals surface area contributed by atoms with E-state index in [9.17, 15) is 4.79 Å². The summed E-state index contributed by atoms with van der Waals surface area (Å²) < 4.78 is 0. The zero-order valence-electron chi connectivity index (χ0n) is 16.9. The lowest BCUT2D eigenvalue weighted by Crippen LogP contribution is -2.42. The van der Waals surface area contributed by atoms with Gasteiger partial charge in [-0.1, -0.05) is 82.9 Å². The molecule has 4 N–H and O–H groups in total. The molecule has 0 aliphatic rings. The summed E-state index contributed by atoms with van der Waals surface area (Å²) in [5.41, 5.74) is 8.30. The van der Waals surface area contributed by atoms with Crippen LogP contribution >= 0.6 is 0 Å². The van der Waals surface area contributed by atoms with Crippen LogP contribution in [0.3, 0.4) is 0 Å². The molecule has 2 aromatic rings. The van der Waals surface area contributed by atoms with Gasteiger partial charge in [-0.2, -0.15) is 0 Å². The number of H-pyrrole nitrogens is 1. The van der Waals surface area contributed by atoms with Crippen molar-refractivity contribution in [2.75, 3.05) is 6.54 Å². The molecule has 0 fully saturated rings. The zero-order chi connectivity index (χ0) is 19.3. The van der Waals surface area contributed by atoms with Gasteiger partial charge in [0.2, 0.25) is 5.91 Å². The lowest BCUT2D eigenvalue weighted by atomic mass is 10.0. The van der Waals surface area contributed by atoms with Crippen LogP contribution in [0, 0.1) is 0 Å². The van der Waals surface area contributed by atoms with Gasteiger partial charge in [-0.3, -0.25) is 4.79 Å². The Labute approximate surface area is 164 Å². The van der Waals surface area contributed by atoms with E-state index in [0.29, 0.717) is 6.42 Å². The van der Waals surface area contributed by atoms with Crippen molar-refractivity contribution in [2.24, 2.45) is 5.73 Å².